The monoisotopic (exact) mass is 246 g/mol. The first-order chi connectivity index (χ1) is 7.38. The van der Waals surface area contributed by atoms with Gasteiger partial charge in [0.2, 0.25) is 0 Å². The molecule has 1 aliphatic rings. The number of esters is 1. The fourth-order valence-electron chi connectivity index (χ4n) is 2.36. The summed E-state index contributed by atoms with van der Waals surface area (Å²) < 4.78 is 4.89. The standard InChI is InChI=1S/C12H22O3S/c1-9(2)11(3,10(13)15-4)12(14)6-5-7-16-8-12/h9,14H,5-8H2,1-4H3. The van der Waals surface area contributed by atoms with Gasteiger partial charge >= 0.3 is 5.97 Å². The molecule has 1 saturated heterocycles. The maximum absolute atomic E-state index is 12.0. The van der Waals surface area contributed by atoms with Crippen molar-refractivity contribution in [3.05, 3.63) is 0 Å². The van der Waals surface area contributed by atoms with Gasteiger partial charge < -0.3 is 9.84 Å². The molecule has 4 heteroatoms. The van der Waals surface area contributed by atoms with Crippen molar-refractivity contribution in [2.45, 2.75) is 39.2 Å². The lowest BCUT2D eigenvalue weighted by Crippen LogP contribution is -2.57. The number of carbonyl (C=O) groups is 1. The molecule has 0 radical (unpaired) electrons. The van der Waals surface area contributed by atoms with Gasteiger partial charge in [0, 0.05) is 5.75 Å². The number of hydrogen-bond donors (Lipinski definition) is 1. The van der Waals surface area contributed by atoms with Gasteiger partial charge in [-0.05, 0) is 31.4 Å². The molecule has 0 bridgehead atoms. The normalized spacial score (nSPS) is 29.9. The van der Waals surface area contributed by atoms with Gasteiger partial charge in [0.25, 0.3) is 0 Å². The highest BCUT2D eigenvalue weighted by atomic mass is 32.2. The second-order valence-corrected chi connectivity index (χ2v) is 6.14. The number of hydrogen-bond acceptors (Lipinski definition) is 4. The van der Waals surface area contributed by atoms with Gasteiger partial charge in [0.05, 0.1) is 18.1 Å². The molecule has 0 aromatic carbocycles. The molecule has 2 unspecified atom stereocenters. The SMILES string of the molecule is COC(=O)C(C)(C(C)C)C1(O)CCCSC1. The zero-order chi connectivity index (χ0) is 12.4. The van der Waals surface area contributed by atoms with Crippen molar-refractivity contribution in [3.63, 3.8) is 0 Å². The molecule has 0 saturated carbocycles. The smallest absolute Gasteiger partial charge is 0.314 e. The summed E-state index contributed by atoms with van der Waals surface area (Å²) in [6.45, 7) is 5.76. The lowest BCUT2D eigenvalue weighted by atomic mass is 9.65. The lowest BCUT2D eigenvalue weighted by Gasteiger charge is -2.47. The van der Waals surface area contributed by atoms with E-state index in [1.54, 1.807) is 11.8 Å². The number of aliphatic hydroxyl groups is 1. The minimum absolute atomic E-state index is 0.0589. The fourth-order valence-corrected chi connectivity index (χ4v) is 3.64. The third-order valence-corrected chi connectivity index (χ3v) is 5.21. The maximum atomic E-state index is 12.0. The first-order valence-electron chi connectivity index (χ1n) is 5.77. The van der Waals surface area contributed by atoms with Crippen LogP contribution in [0.2, 0.25) is 0 Å². The number of thioether (sulfide) groups is 1. The summed E-state index contributed by atoms with van der Waals surface area (Å²) in [5.74, 6) is 1.45. The van der Waals surface area contributed by atoms with E-state index in [0.29, 0.717) is 12.2 Å². The van der Waals surface area contributed by atoms with Gasteiger partial charge in [-0.25, -0.2) is 0 Å². The number of carbonyl (C=O) groups excluding carboxylic acids is 1. The first-order valence-corrected chi connectivity index (χ1v) is 6.92. The van der Waals surface area contributed by atoms with E-state index in [1.165, 1.54) is 7.11 Å². The summed E-state index contributed by atoms with van der Waals surface area (Å²) in [7, 11) is 1.39. The van der Waals surface area contributed by atoms with E-state index in [1.807, 2.05) is 20.8 Å². The summed E-state index contributed by atoms with van der Waals surface area (Å²) in [6.07, 6.45) is 1.64. The number of ether oxygens (including phenoxy) is 1. The van der Waals surface area contributed by atoms with Crippen LogP contribution in [-0.4, -0.2) is 35.3 Å². The van der Waals surface area contributed by atoms with Crippen molar-refractivity contribution < 1.29 is 14.6 Å². The summed E-state index contributed by atoms with van der Waals surface area (Å²) >= 11 is 1.72. The lowest BCUT2D eigenvalue weighted by molar-refractivity contribution is -0.175. The summed E-state index contributed by atoms with van der Waals surface area (Å²) in [4.78, 5) is 12.0. The Balaban J connectivity index is 3.04. The molecule has 1 fully saturated rings. The Labute approximate surface area is 102 Å². The summed E-state index contributed by atoms with van der Waals surface area (Å²) in [5, 5.41) is 10.7. The molecular formula is C12H22O3S. The van der Waals surface area contributed by atoms with Gasteiger partial charge in [-0.3, -0.25) is 4.79 Å². The van der Waals surface area contributed by atoms with Crippen molar-refractivity contribution in [1.29, 1.82) is 0 Å². The van der Waals surface area contributed by atoms with E-state index >= 15 is 0 Å². The van der Waals surface area contributed by atoms with Crippen LogP contribution in [0.1, 0.15) is 33.6 Å². The highest BCUT2D eigenvalue weighted by molar-refractivity contribution is 7.99. The van der Waals surface area contributed by atoms with Crippen molar-refractivity contribution in [2.75, 3.05) is 18.6 Å². The second-order valence-electron chi connectivity index (χ2n) is 5.04. The molecule has 1 aliphatic heterocycles. The molecule has 1 rings (SSSR count). The van der Waals surface area contributed by atoms with Crippen LogP contribution >= 0.6 is 11.8 Å². The van der Waals surface area contributed by atoms with Gasteiger partial charge in [0.1, 0.15) is 0 Å². The van der Waals surface area contributed by atoms with Crippen molar-refractivity contribution in [2.24, 2.45) is 11.3 Å². The van der Waals surface area contributed by atoms with E-state index in [9.17, 15) is 9.90 Å². The molecule has 1 heterocycles. The van der Waals surface area contributed by atoms with Crippen molar-refractivity contribution in [1.82, 2.24) is 0 Å². The third kappa shape index (κ3) is 2.09. The van der Waals surface area contributed by atoms with Crippen molar-refractivity contribution >= 4 is 17.7 Å². The van der Waals surface area contributed by atoms with Crippen LogP contribution in [-0.2, 0) is 9.53 Å². The van der Waals surface area contributed by atoms with Crippen LogP contribution in [0.15, 0.2) is 0 Å². The zero-order valence-electron chi connectivity index (χ0n) is 10.6. The second kappa shape index (κ2) is 4.96. The largest absolute Gasteiger partial charge is 0.469 e. The van der Waals surface area contributed by atoms with Crippen molar-refractivity contribution in [3.8, 4) is 0 Å². The molecule has 0 aliphatic carbocycles. The Kier molecular flexibility index (Phi) is 4.29. The van der Waals surface area contributed by atoms with Gasteiger partial charge in [-0.15, -0.1) is 0 Å². The molecule has 0 amide bonds. The van der Waals surface area contributed by atoms with E-state index in [2.05, 4.69) is 0 Å². The van der Waals surface area contributed by atoms with Crippen LogP contribution in [0.25, 0.3) is 0 Å². The van der Waals surface area contributed by atoms with Crippen LogP contribution in [0.5, 0.6) is 0 Å². The molecule has 0 aromatic rings. The van der Waals surface area contributed by atoms with E-state index in [0.717, 1.165) is 12.2 Å². The molecule has 1 N–H and O–H groups in total. The van der Waals surface area contributed by atoms with Crippen LogP contribution < -0.4 is 0 Å². The predicted octanol–water partition coefficient (Wildman–Crippen LogP) is 2.08. The minimum atomic E-state index is -0.933. The number of methoxy groups -OCH3 is 1. The van der Waals surface area contributed by atoms with Crippen LogP contribution in [0.3, 0.4) is 0 Å². The molecule has 16 heavy (non-hydrogen) atoms. The van der Waals surface area contributed by atoms with E-state index in [4.69, 9.17) is 4.74 Å². The van der Waals surface area contributed by atoms with Crippen LogP contribution in [0, 0.1) is 11.3 Å². The molecular weight excluding hydrogens is 224 g/mol. The maximum Gasteiger partial charge on any atom is 0.314 e. The predicted molar refractivity (Wildman–Crippen MR) is 66.5 cm³/mol. The molecule has 94 valence electrons. The summed E-state index contributed by atoms with van der Waals surface area (Å²) in [6, 6.07) is 0. The Morgan fingerprint density at radius 1 is 1.56 bits per heavy atom. The van der Waals surface area contributed by atoms with E-state index in [-0.39, 0.29) is 11.9 Å². The van der Waals surface area contributed by atoms with Gasteiger partial charge in [0.15, 0.2) is 0 Å². The highest BCUT2D eigenvalue weighted by Crippen LogP contribution is 2.46. The quantitative estimate of drug-likeness (QED) is 0.775. The average Bonchev–Trinajstić information content (AvgIpc) is 2.27. The van der Waals surface area contributed by atoms with Gasteiger partial charge in [-0.1, -0.05) is 13.8 Å². The Bertz CT molecular complexity index is 259. The molecule has 0 spiro atoms. The Morgan fingerprint density at radius 3 is 2.56 bits per heavy atom. The zero-order valence-corrected chi connectivity index (χ0v) is 11.4. The highest BCUT2D eigenvalue weighted by Gasteiger charge is 2.55. The Hall–Kier alpha value is -0.220. The minimum Gasteiger partial charge on any atom is -0.469 e. The molecule has 2 atom stereocenters. The van der Waals surface area contributed by atoms with Crippen LogP contribution in [0.4, 0.5) is 0 Å². The molecule has 0 aromatic heterocycles. The topological polar surface area (TPSA) is 46.5 Å². The fraction of sp³-hybridized carbons (Fsp3) is 0.917. The Morgan fingerprint density at radius 2 is 2.19 bits per heavy atom. The van der Waals surface area contributed by atoms with E-state index < -0.39 is 11.0 Å². The van der Waals surface area contributed by atoms with Gasteiger partial charge in [-0.2, -0.15) is 11.8 Å². The summed E-state index contributed by atoms with van der Waals surface area (Å²) in [5.41, 5.74) is -1.74. The molecule has 3 nitrogen and oxygen atoms in total. The first kappa shape index (κ1) is 13.8. The number of rotatable bonds is 3. The average molecular weight is 246 g/mol. The third-order valence-electron chi connectivity index (χ3n) is 3.95.